The van der Waals surface area contributed by atoms with E-state index in [2.05, 4.69) is 15.1 Å². The van der Waals surface area contributed by atoms with E-state index in [4.69, 9.17) is 33.0 Å². The van der Waals surface area contributed by atoms with Gasteiger partial charge in [0.2, 0.25) is 5.69 Å². The second-order valence-corrected chi connectivity index (χ2v) is 8.67. The normalized spacial score (nSPS) is 14.2. The summed E-state index contributed by atoms with van der Waals surface area (Å²) in [6, 6.07) is 2.43. The van der Waals surface area contributed by atoms with E-state index in [1.165, 1.54) is 24.8 Å². The molecule has 1 saturated carbocycles. The zero-order valence-electron chi connectivity index (χ0n) is 17.6. The van der Waals surface area contributed by atoms with Crippen LogP contribution in [-0.4, -0.2) is 40.9 Å². The fraction of sp³-hybridized carbons (Fsp3) is 0.333. The van der Waals surface area contributed by atoms with E-state index in [0.29, 0.717) is 22.7 Å². The molecule has 3 aromatic rings. The molecule has 0 aliphatic heterocycles. The number of hydrogen-bond donors (Lipinski definition) is 3. The molecule has 0 atom stereocenters. The Morgan fingerprint density at radius 1 is 1.18 bits per heavy atom. The smallest absolute Gasteiger partial charge is 0.362 e. The molecule has 1 aliphatic rings. The Hall–Kier alpha value is -3.44. The van der Waals surface area contributed by atoms with Crippen molar-refractivity contribution in [2.24, 2.45) is 5.92 Å². The number of aromatic nitrogens is 5. The number of ether oxygens (including phenoxy) is 1. The summed E-state index contributed by atoms with van der Waals surface area (Å²) < 4.78 is 6.31. The molecule has 0 spiro atoms. The first-order valence-electron chi connectivity index (χ1n) is 10.4. The maximum Gasteiger partial charge on any atom is 0.362 e. The molecule has 1 fully saturated rings. The number of nitrogens with one attached hydrogen (secondary N) is 1. The first-order chi connectivity index (χ1) is 16.2. The molecule has 0 unspecified atom stereocenters. The molecule has 4 rings (SSSR count). The molecule has 2 heterocycles. The molecular weight excluding hydrogens is 489 g/mol. The van der Waals surface area contributed by atoms with Crippen molar-refractivity contribution in [3.63, 3.8) is 0 Å². The van der Waals surface area contributed by atoms with Gasteiger partial charge in [0.1, 0.15) is 0 Å². The molecule has 0 bridgehead atoms. The Kier molecular flexibility index (Phi) is 6.85. The number of nitrogens with zero attached hydrogens (tertiary/aromatic N) is 4. The van der Waals surface area contributed by atoms with Crippen LogP contribution in [0, 0.1) is 5.92 Å². The molecule has 13 heteroatoms. The summed E-state index contributed by atoms with van der Waals surface area (Å²) in [5.74, 6) is -1.23. The summed E-state index contributed by atoms with van der Waals surface area (Å²) in [6.07, 6.45) is 7.50. The van der Waals surface area contributed by atoms with Crippen molar-refractivity contribution >= 4 is 29.2 Å². The summed E-state index contributed by atoms with van der Waals surface area (Å²) in [4.78, 5) is 45.1. The van der Waals surface area contributed by atoms with Crippen LogP contribution in [-0.2, 0) is 6.42 Å². The van der Waals surface area contributed by atoms with Crippen LogP contribution in [0.2, 0.25) is 10.0 Å². The lowest BCUT2D eigenvalue weighted by atomic mass is 9.86. The highest BCUT2D eigenvalue weighted by molar-refractivity contribution is 6.37. The number of halogens is 2. The highest BCUT2D eigenvalue weighted by atomic mass is 35.5. The number of hydrogen-bond acceptors (Lipinski definition) is 8. The van der Waals surface area contributed by atoms with Crippen LogP contribution in [0.4, 0.5) is 0 Å². The number of carboxylic acid groups (broad SMARTS) is 1. The molecule has 1 aromatic carbocycles. The number of rotatable bonds is 6. The molecule has 1 aliphatic carbocycles. The van der Waals surface area contributed by atoms with E-state index in [9.17, 15) is 19.5 Å². The van der Waals surface area contributed by atoms with Crippen molar-refractivity contribution in [3.05, 3.63) is 60.6 Å². The Morgan fingerprint density at radius 2 is 1.85 bits per heavy atom. The molecule has 11 nitrogen and oxygen atoms in total. The van der Waals surface area contributed by atoms with Gasteiger partial charge in [0.15, 0.2) is 11.5 Å². The van der Waals surface area contributed by atoms with Gasteiger partial charge in [-0.25, -0.2) is 9.59 Å². The van der Waals surface area contributed by atoms with Crippen LogP contribution in [0.1, 0.15) is 48.3 Å². The van der Waals surface area contributed by atoms with Crippen molar-refractivity contribution in [2.75, 3.05) is 0 Å². The second-order valence-electron chi connectivity index (χ2n) is 7.86. The topological polar surface area (TPSA) is 160 Å². The standard InChI is InChI=1S/C21H19Cl2N5O6/c22-12-7-11(28-21(33)26-18(30)16(27-28)19(31)32)8-13(23)17(12)34-20-24-9-15(29)14(25-20)6-10-4-2-1-3-5-10/h7-10,29H,1-6H2,(H,31,32)(H,26,30,33). The fourth-order valence-electron chi connectivity index (χ4n) is 3.83. The first-order valence-corrected chi connectivity index (χ1v) is 11.2. The molecule has 2 aromatic heterocycles. The highest BCUT2D eigenvalue weighted by Crippen LogP contribution is 2.38. The second kappa shape index (κ2) is 9.82. The van der Waals surface area contributed by atoms with Crippen molar-refractivity contribution in [3.8, 4) is 23.2 Å². The number of H-pyrrole nitrogens is 1. The number of benzene rings is 1. The highest BCUT2D eigenvalue weighted by Gasteiger charge is 2.20. The minimum Gasteiger partial charge on any atom is -0.504 e. The fourth-order valence-corrected chi connectivity index (χ4v) is 4.38. The number of aromatic carboxylic acids is 1. The quantitative estimate of drug-likeness (QED) is 0.454. The molecule has 3 N–H and O–H groups in total. The van der Waals surface area contributed by atoms with Gasteiger partial charge in [-0.1, -0.05) is 55.3 Å². The lowest BCUT2D eigenvalue weighted by Gasteiger charge is -2.21. The summed E-state index contributed by atoms with van der Waals surface area (Å²) in [7, 11) is 0. The zero-order valence-corrected chi connectivity index (χ0v) is 19.1. The Morgan fingerprint density at radius 3 is 2.50 bits per heavy atom. The van der Waals surface area contributed by atoms with Crippen LogP contribution in [0.5, 0.6) is 17.5 Å². The first kappa shape index (κ1) is 23.7. The van der Waals surface area contributed by atoms with Gasteiger partial charge in [-0.2, -0.15) is 19.7 Å². The Labute approximate surface area is 202 Å². The summed E-state index contributed by atoms with van der Waals surface area (Å²) in [6.45, 7) is 0. The molecule has 0 amide bonds. The summed E-state index contributed by atoms with van der Waals surface area (Å²) in [5, 5.41) is 22.7. The van der Waals surface area contributed by atoms with Crippen LogP contribution in [0.3, 0.4) is 0 Å². The maximum atomic E-state index is 12.1. The third-order valence-corrected chi connectivity index (χ3v) is 6.04. The molecule has 0 radical (unpaired) electrons. The van der Waals surface area contributed by atoms with Gasteiger partial charge < -0.3 is 14.9 Å². The van der Waals surface area contributed by atoms with Gasteiger partial charge >= 0.3 is 17.7 Å². The molecule has 34 heavy (non-hydrogen) atoms. The lowest BCUT2D eigenvalue weighted by molar-refractivity contribution is 0.0685. The van der Waals surface area contributed by atoms with Crippen molar-refractivity contribution in [1.82, 2.24) is 24.7 Å². The monoisotopic (exact) mass is 507 g/mol. The van der Waals surface area contributed by atoms with Crippen LogP contribution < -0.4 is 16.0 Å². The molecule has 0 saturated heterocycles. The SMILES string of the molecule is O=C(O)c1nn(-c2cc(Cl)c(Oc3ncc(O)c(CC4CCCCC4)n3)c(Cl)c2)c(=O)[nH]c1=O. The molecular formula is C21H19Cl2N5O6. The number of carboxylic acids is 1. The van der Waals surface area contributed by atoms with Crippen LogP contribution in [0.15, 0.2) is 27.9 Å². The van der Waals surface area contributed by atoms with Gasteiger partial charge in [-0.05, 0) is 24.5 Å². The maximum absolute atomic E-state index is 12.1. The van der Waals surface area contributed by atoms with E-state index in [1.807, 2.05) is 4.98 Å². The Balaban J connectivity index is 1.63. The average molecular weight is 508 g/mol. The predicted octanol–water partition coefficient (Wildman–Crippen LogP) is 3.34. The van der Waals surface area contributed by atoms with Crippen LogP contribution >= 0.6 is 23.2 Å². The van der Waals surface area contributed by atoms with Crippen molar-refractivity contribution in [1.29, 1.82) is 0 Å². The third kappa shape index (κ3) is 5.05. The number of carbonyl (C=O) groups is 1. The molecule has 178 valence electrons. The Bertz CT molecular complexity index is 1340. The van der Waals surface area contributed by atoms with E-state index >= 15 is 0 Å². The van der Waals surface area contributed by atoms with Gasteiger partial charge in [0.25, 0.3) is 5.56 Å². The number of aromatic amines is 1. The van der Waals surface area contributed by atoms with E-state index < -0.39 is 22.9 Å². The van der Waals surface area contributed by atoms with Crippen LogP contribution in [0.25, 0.3) is 5.69 Å². The largest absolute Gasteiger partial charge is 0.504 e. The average Bonchev–Trinajstić information content (AvgIpc) is 2.78. The van der Waals surface area contributed by atoms with Gasteiger partial charge in [0.05, 0.1) is 27.6 Å². The van der Waals surface area contributed by atoms with E-state index in [0.717, 1.165) is 25.7 Å². The lowest BCUT2D eigenvalue weighted by Crippen LogP contribution is -2.35. The minimum atomic E-state index is -1.61. The minimum absolute atomic E-state index is 0.00397. The predicted molar refractivity (Wildman–Crippen MR) is 121 cm³/mol. The van der Waals surface area contributed by atoms with Gasteiger partial charge in [0, 0.05) is 0 Å². The number of aromatic hydroxyl groups is 1. The summed E-state index contributed by atoms with van der Waals surface area (Å²) in [5.41, 5.74) is -2.54. The van der Waals surface area contributed by atoms with Crippen molar-refractivity contribution in [2.45, 2.75) is 38.5 Å². The van der Waals surface area contributed by atoms with E-state index in [1.54, 1.807) is 0 Å². The van der Waals surface area contributed by atoms with E-state index in [-0.39, 0.29) is 33.2 Å². The third-order valence-electron chi connectivity index (χ3n) is 5.48. The zero-order chi connectivity index (χ0) is 24.4. The van der Waals surface area contributed by atoms with Gasteiger partial charge in [-0.15, -0.1) is 0 Å². The van der Waals surface area contributed by atoms with Gasteiger partial charge in [-0.3, -0.25) is 9.78 Å². The van der Waals surface area contributed by atoms with Crippen molar-refractivity contribution < 1.29 is 19.7 Å². The summed E-state index contributed by atoms with van der Waals surface area (Å²) >= 11 is 12.6.